The number of benzene rings is 1. The van der Waals surface area contributed by atoms with E-state index in [1.54, 1.807) is 17.8 Å². The summed E-state index contributed by atoms with van der Waals surface area (Å²) in [7, 11) is 0. The Hall–Kier alpha value is -1.26. The summed E-state index contributed by atoms with van der Waals surface area (Å²) in [6.07, 6.45) is 1.01. The standard InChI is InChI=1S/C15H16FNOS/c1-10-5-6-11(18-10)9-17-14-7-8-19-15-12(14)3-2-4-13(15)16/h2-6,14,17H,7-9H2,1H3. The first-order chi connectivity index (χ1) is 9.24. The summed E-state index contributed by atoms with van der Waals surface area (Å²) >= 11 is 1.61. The molecule has 100 valence electrons. The number of nitrogens with one attached hydrogen (secondary N) is 1. The van der Waals surface area contributed by atoms with Crippen LogP contribution in [0.2, 0.25) is 0 Å². The van der Waals surface area contributed by atoms with Crippen LogP contribution in [0.15, 0.2) is 39.6 Å². The smallest absolute Gasteiger partial charge is 0.137 e. The topological polar surface area (TPSA) is 25.2 Å². The van der Waals surface area contributed by atoms with Crippen LogP contribution in [0.25, 0.3) is 0 Å². The van der Waals surface area contributed by atoms with E-state index in [4.69, 9.17) is 4.42 Å². The molecule has 1 aromatic heterocycles. The molecule has 0 fully saturated rings. The molecule has 0 saturated carbocycles. The number of hydrogen-bond donors (Lipinski definition) is 1. The van der Waals surface area contributed by atoms with Gasteiger partial charge >= 0.3 is 0 Å². The van der Waals surface area contributed by atoms with E-state index >= 15 is 0 Å². The van der Waals surface area contributed by atoms with Gasteiger partial charge in [-0.3, -0.25) is 0 Å². The van der Waals surface area contributed by atoms with Crippen LogP contribution >= 0.6 is 11.8 Å². The Morgan fingerprint density at radius 2 is 2.26 bits per heavy atom. The third-order valence-corrected chi connectivity index (χ3v) is 4.50. The molecule has 2 nitrogen and oxygen atoms in total. The van der Waals surface area contributed by atoms with Crippen LogP contribution in [0.3, 0.4) is 0 Å². The van der Waals surface area contributed by atoms with E-state index in [0.717, 1.165) is 34.2 Å². The molecule has 0 radical (unpaired) electrons. The molecule has 1 unspecified atom stereocenters. The molecular formula is C15H16FNOS. The van der Waals surface area contributed by atoms with Gasteiger partial charge in [0, 0.05) is 10.9 Å². The number of hydrogen-bond acceptors (Lipinski definition) is 3. The zero-order chi connectivity index (χ0) is 13.2. The fraction of sp³-hybridized carbons (Fsp3) is 0.333. The molecule has 19 heavy (non-hydrogen) atoms. The monoisotopic (exact) mass is 277 g/mol. The lowest BCUT2D eigenvalue weighted by atomic mass is 10.0. The van der Waals surface area contributed by atoms with Crippen molar-refractivity contribution in [1.82, 2.24) is 5.32 Å². The number of fused-ring (bicyclic) bond motifs is 1. The van der Waals surface area contributed by atoms with Crippen molar-refractivity contribution in [2.45, 2.75) is 30.8 Å². The highest BCUT2D eigenvalue weighted by molar-refractivity contribution is 7.99. The molecule has 1 N–H and O–H groups in total. The maximum absolute atomic E-state index is 13.7. The van der Waals surface area contributed by atoms with E-state index in [9.17, 15) is 4.39 Å². The van der Waals surface area contributed by atoms with Crippen molar-refractivity contribution in [1.29, 1.82) is 0 Å². The Balaban J connectivity index is 1.75. The van der Waals surface area contributed by atoms with E-state index in [1.165, 1.54) is 6.07 Å². The summed E-state index contributed by atoms with van der Waals surface area (Å²) in [6, 6.07) is 9.47. The molecule has 1 aliphatic rings. The molecule has 3 rings (SSSR count). The lowest BCUT2D eigenvalue weighted by Gasteiger charge is -2.26. The van der Waals surface area contributed by atoms with Gasteiger partial charge < -0.3 is 9.73 Å². The van der Waals surface area contributed by atoms with Gasteiger partial charge in [-0.2, -0.15) is 0 Å². The molecule has 0 bridgehead atoms. The normalized spacial score (nSPS) is 18.3. The van der Waals surface area contributed by atoms with Gasteiger partial charge in [0.1, 0.15) is 17.3 Å². The van der Waals surface area contributed by atoms with Gasteiger partial charge in [-0.1, -0.05) is 12.1 Å². The SMILES string of the molecule is Cc1ccc(CNC2CCSc3c(F)cccc32)o1. The summed E-state index contributed by atoms with van der Waals surface area (Å²) in [4.78, 5) is 0.793. The third kappa shape index (κ3) is 2.69. The number of rotatable bonds is 3. The molecule has 0 aliphatic carbocycles. The number of furan rings is 1. The zero-order valence-electron chi connectivity index (χ0n) is 10.8. The van der Waals surface area contributed by atoms with E-state index in [2.05, 4.69) is 5.32 Å². The molecule has 0 spiro atoms. The van der Waals surface area contributed by atoms with Crippen molar-refractivity contribution in [3.8, 4) is 0 Å². The van der Waals surface area contributed by atoms with Crippen LogP contribution in [0, 0.1) is 12.7 Å². The van der Waals surface area contributed by atoms with Crippen LogP contribution in [0.4, 0.5) is 4.39 Å². The number of aryl methyl sites for hydroxylation is 1. The van der Waals surface area contributed by atoms with Crippen LogP contribution in [-0.2, 0) is 6.54 Å². The minimum absolute atomic E-state index is 0.108. The van der Waals surface area contributed by atoms with Crippen molar-refractivity contribution in [2.24, 2.45) is 0 Å². The van der Waals surface area contributed by atoms with Crippen LogP contribution in [-0.4, -0.2) is 5.75 Å². The molecule has 1 aromatic carbocycles. The maximum atomic E-state index is 13.7. The molecular weight excluding hydrogens is 261 g/mol. The number of thioether (sulfide) groups is 1. The second kappa shape index (κ2) is 5.39. The Labute approximate surface area is 116 Å². The number of halogens is 1. The first kappa shape index (κ1) is 12.8. The van der Waals surface area contributed by atoms with Crippen molar-refractivity contribution in [3.63, 3.8) is 0 Å². The van der Waals surface area contributed by atoms with Gasteiger partial charge in [0.2, 0.25) is 0 Å². The molecule has 0 saturated heterocycles. The zero-order valence-corrected chi connectivity index (χ0v) is 11.6. The average Bonchev–Trinajstić information content (AvgIpc) is 2.83. The minimum atomic E-state index is -0.108. The van der Waals surface area contributed by atoms with Crippen molar-refractivity contribution in [3.05, 3.63) is 53.2 Å². The summed E-state index contributed by atoms with van der Waals surface area (Å²) in [5.74, 6) is 2.68. The van der Waals surface area contributed by atoms with Crippen molar-refractivity contribution >= 4 is 11.8 Å². The Morgan fingerprint density at radius 3 is 3.05 bits per heavy atom. The van der Waals surface area contributed by atoms with Gasteiger partial charge in [0.15, 0.2) is 0 Å². The lowest BCUT2D eigenvalue weighted by Crippen LogP contribution is -2.24. The van der Waals surface area contributed by atoms with Gasteiger partial charge in [-0.25, -0.2) is 4.39 Å². The van der Waals surface area contributed by atoms with Crippen molar-refractivity contribution < 1.29 is 8.81 Å². The van der Waals surface area contributed by atoms with Crippen LogP contribution in [0.1, 0.15) is 29.5 Å². The average molecular weight is 277 g/mol. The summed E-state index contributed by atoms with van der Waals surface area (Å²) in [6.45, 7) is 2.62. The maximum Gasteiger partial charge on any atom is 0.137 e. The van der Waals surface area contributed by atoms with Crippen LogP contribution < -0.4 is 5.32 Å². The molecule has 0 amide bonds. The van der Waals surface area contributed by atoms with Gasteiger partial charge in [0.25, 0.3) is 0 Å². The molecule has 1 aliphatic heterocycles. The highest BCUT2D eigenvalue weighted by Crippen LogP contribution is 2.37. The fourth-order valence-corrected chi connectivity index (χ4v) is 3.54. The van der Waals surface area contributed by atoms with Gasteiger partial charge in [-0.15, -0.1) is 11.8 Å². The van der Waals surface area contributed by atoms with E-state index in [0.29, 0.717) is 6.54 Å². The largest absolute Gasteiger partial charge is 0.465 e. The molecule has 2 heterocycles. The van der Waals surface area contributed by atoms with Crippen LogP contribution in [0.5, 0.6) is 0 Å². The Bertz CT molecular complexity index is 581. The molecule has 4 heteroatoms. The van der Waals surface area contributed by atoms with E-state index < -0.39 is 0 Å². The summed E-state index contributed by atoms with van der Waals surface area (Å²) < 4.78 is 19.3. The molecule has 1 atom stereocenters. The second-order valence-corrected chi connectivity index (χ2v) is 5.85. The van der Waals surface area contributed by atoms with Gasteiger partial charge in [0.05, 0.1) is 6.54 Å². The summed E-state index contributed by atoms with van der Waals surface area (Å²) in [5.41, 5.74) is 1.07. The van der Waals surface area contributed by atoms with Gasteiger partial charge in [-0.05, 0) is 42.9 Å². The highest BCUT2D eigenvalue weighted by atomic mass is 32.2. The minimum Gasteiger partial charge on any atom is -0.465 e. The lowest BCUT2D eigenvalue weighted by molar-refractivity contribution is 0.425. The summed E-state index contributed by atoms with van der Waals surface area (Å²) in [5, 5.41) is 3.46. The first-order valence-corrected chi connectivity index (χ1v) is 7.42. The second-order valence-electron chi connectivity index (χ2n) is 4.74. The predicted molar refractivity (Wildman–Crippen MR) is 74.8 cm³/mol. The quantitative estimate of drug-likeness (QED) is 0.916. The fourth-order valence-electron chi connectivity index (χ4n) is 2.40. The van der Waals surface area contributed by atoms with Crippen molar-refractivity contribution in [2.75, 3.05) is 5.75 Å². The van der Waals surface area contributed by atoms with E-state index in [1.807, 2.05) is 25.1 Å². The predicted octanol–water partition coefficient (Wildman–Crippen LogP) is 4.05. The molecule has 2 aromatic rings. The Morgan fingerprint density at radius 1 is 1.37 bits per heavy atom. The highest BCUT2D eigenvalue weighted by Gasteiger charge is 2.22. The van der Waals surface area contributed by atoms with E-state index in [-0.39, 0.29) is 11.9 Å². The first-order valence-electron chi connectivity index (χ1n) is 6.44. The third-order valence-electron chi connectivity index (χ3n) is 3.34. The Kier molecular flexibility index (Phi) is 3.62.